The van der Waals surface area contributed by atoms with Gasteiger partial charge < -0.3 is 20.2 Å². The van der Waals surface area contributed by atoms with Crippen LogP contribution in [-0.2, 0) is 0 Å². The molecule has 1 aliphatic rings. The van der Waals surface area contributed by atoms with E-state index in [4.69, 9.17) is 4.42 Å². The Bertz CT molecular complexity index is 358. The maximum atomic E-state index is 11.6. The second kappa shape index (κ2) is 6.44. The lowest BCUT2D eigenvalue weighted by molar-refractivity contribution is 0.147. The van der Waals surface area contributed by atoms with Gasteiger partial charge in [-0.2, -0.15) is 0 Å². The summed E-state index contributed by atoms with van der Waals surface area (Å²) in [5.74, 6) is 0.466. The number of furan rings is 1. The van der Waals surface area contributed by atoms with Gasteiger partial charge in [0.15, 0.2) is 0 Å². The normalized spacial score (nSPS) is 18.3. The van der Waals surface area contributed by atoms with Crippen molar-refractivity contribution in [2.75, 3.05) is 6.54 Å². The van der Waals surface area contributed by atoms with E-state index in [1.165, 1.54) is 25.5 Å². The molecule has 2 rings (SSSR count). The largest absolute Gasteiger partial charge is 0.467 e. The van der Waals surface area contributed by atoms with Crippen molar-refractivity contribution >= 4 is 6.03 Å². The molecule has 18 heavy (non-hydrogen) atoms. The van der Waals surface area contributed by atoms with Gasteiger partial charge in [0.1, 0.15) is 11.9 Å². The van der Waals surface area contributed by atoms with Gasteiger partial charge in [-0.05, 0) is 25.0 Å². The van der Waals surface area contributed by atoms with E-state index in [1.54, 1.807) is 12.1 Å². The third-order valence-electron chi connectivity index (χ3n) is 3.27. The number of aliphatic hydroxyl groups excluding tert-OH is 1. The van der Waals surface area contributed by atoms with Gasteiger partial charge in [0.2, 0.25) is 0 Å². The zero-order chi connectivity index (χ0) is 12.8. The van der Waals surface area contributed by atoms with Gasteiger partial charge in [-0.1, -0.05) is 19.3 Å². The van der Waals surface area contributed by atoms with E-state index in [2.05, 4.69) is 10.6 Å². The minimum Gasteiger partial charge on any atom is -0.467 e. The minimum absolute atomic E-state index is 0.159. The van der Waals surface area contributed by atoms with Crippen LogP contribution in [0.4, 0.5) is 4.79 Å². The number of nitrogens with one attached hydrogen (secondary N) is 2. The third kappa shape index (κ3) is 3.77. The van der Waals surface area contributed by atoms with E-state index in [0.29, 0.717) is 5.76 Å². The Hall–Kier alpha value is -1.49. The van der Waals surface area contributed by atoms with Crippen LogP contribution in [0.25, 0.3) is 0 Å². The summed E-state index contributed by atoms with van der Waals surface area (Å²) in [7, 11) is 0. The van der Waals surface area contributed by atoms with Crippen molar-refractivity contribution in [3.8, 4) is 0 Å². The summed E-state index contributed by atoms with van der Waals surface area (Å²) in [6.45, 7) is 0.159. The first kappa shape index (κ1) is 13.0. The van der Waals surface area contributed by atoms with Gasteiger partial charge in [-0.15, -0.1) is 0 Å². The highest BCUT2D eigenvalue weighted by atomic mass is 16.4. The molecule has 0 aromatic carbocycles. The van der Waals surface area contributed by atoms with Crippen molar-refractivity contribution in [2.45, 2.75) is 44.2 Å². The number of amides is 2. The van der Waals surface area contributed by atoms with E-state index in [-0.39, 0.29) is 18.6 Å². The fourth-order valence-electron chi connectivity index (χ4n) is 2.25. The van der Waals surface area contributed by atoms with Gasteiger partial charge >= 0.3 is 6.03 Å². The molecule has 1 heterocycles. The Balaban J connectivity index is 1.68. The summed E-state index contributed by atoms with van der Waals surface area (Å²) in [5.41, 5.74) is 0. The van der Waals surface area contributed by atoms with Gasteiger partial charge in [0.25, 0.3) is 0 Å². The van der Waals surface area contributed by atoms with E-state index in [1.807, 2.05) is 0 Å². The predicted molar refractivity (Wildman–Crippen MR) is 67.1 cm³/mol. The summed E-state index contributed by atoms with van der Waals surface area (Å²) in [5, 5.41) is 15.3. The molecule has 2 amide bonds. The van der Waals surface area contributed by atoms with Crippen LogP contribution in [0.2, 0.25) is 0 Å². The lowest BCUT2D eigenvalue weighted by Crippen LogP contribution is -2.44. The molecule has 5 heteroatoms. The first-order valence-electron chi connectivity index (χ1n) is 6.51. The molecule has 0 saturated heterocycles. The number of hydrogen-bond donors (Lipinski definition) is 3. The molecule has 1 aliphatic carbocycles. The van der Waals surface area contributed by atoms with Gasteiger partial charge in [-0.3, -0.25) is 0 Å². The molecule has 1 fully saturated rings. The topological polar surface area (TPSA) is 74.5 Å². The first-order chi connectivity index (χ1) is 8.75. The van der Waals surface area contributed by atoms with Crippen LogP contribution in [0.3, 0.4) is 0 Å². The third-order valence-corrected chi connectivity index (χ3v) is 3.27. The molecule has 3 N–H and O–H groups in total. The summed E-state index contributed by atoms with van der Waals surface area (Å²) < 4.78 is 5.06. The quantitative estimate of drug-likeness (QED) is 0.766. The van der Waals surface area contributed by atoms with Crippen molar-refractivity contribution < 1.29 is 14.3 Å². The monoisotopic (exact) mass is 252 g/mol. The average Bonchev–Trinajstić information content (AvgIpc) is 2.91. The summed E-state index contributed by atoms with van der Waals surface area (Å²) in [6, 6.07) is 3.46. The van der Waals surface area contributed by atoms with Crippen LogP contribution in [0, 0.1) is 0 Å². The number of carbonyl (C=O) groups excluding carboxylic acids is 1. The van der Waals surface area contributed by atoms with E-state index < -0.39 is 6.10 Å². The van der Waals surface area contributed by atoms with Crippen LogP contribution in [0.15, 0.2) is 22.8 Å². The molecule has 0 aliphatic heterocycles. The van der Waals surface area contributed by atoms with Crippen molar-refractivity contribution in [1.82, 2.24) is 10.6 Å². The molecule has 1 atom stereocenters. The molecular formula is C13H20N2O3. The van der Waals surface area contributed by atoms with Gasteiger partial charge in [0.05, 0.1) is 12.8 Å². The first-order valence-corrected chi connectivity index (χ1v) is 6.51. The fourth-order valence-corrected chi connectivity index (χ4v) is 2.25. The Kier molecular flexibility index (Phi) is 4.64. The standard InChI is InChI=1S/C13H20N2O3/c16-11(12-7-4-8-18-12)9-14-13(17)15-10-5-2-1-3-6-10/h4,7-8,10-11,16H,1-3,5-6,9H2,(H2,14,15,17). The van der Waals surface area contributed by atoms with Crippen LogP contribution < -0.4 is 10.6 Å². The summed E-state index contributed by atoms with van der Waals surface area (Å²) in [6.07, 6.45) is 6.43. The summed E-state index contributed by atoms with van der Waals surface area (Å²) in [4.78, 5) is 11.6. The number of carbonyl (C=O) groups is 1. The average molecular weight is 252 g/mol. The van der Waals surface area contributed by atoms with Gasteiger partial charge in [0, 0.05) is 6.04 Å². The minimum atomic E-state index is -0.794. The number of rotatable bonds is 4. The molecule has 5 nitrogen and oxygen atoms in total. The fraction of sp³-hybridized carbons (Fsp3) is 0.615. The van der Waals surface area contributed by atoms with Crippen LogP contribution >= 0.6 is 0 Å². The zero-order valence-electron chi connectivity index (χ0n) is 10.4. The maximum absolute atomic E-state index is 11.6. The highest BCUT2D eigenvalue weighted by molar-refractivity contribution is 5.74. The van der Waals surface area contributed by atoms with E-state index >= 15 is 0 Å². The molecule has 1 saturated carbocycles. The Morgan fingerprint density at radius 3 is 2.89 bits per heavy atom. The number of hydrogen-bond acceptors (Lipinski definition) is 3. The molecule has 0 bridgehead atoms. The SMILES string of the molecule is O=C(NCC(O)c1ccco1)NC1CCCCC1. The van der Waals surface area contributed by atoms with E-state index in [9.17, 15) is 9.90 Å². The maximum Gasteiger partial charge on any atom is 0.315 e. The molecule has 1 unspecified atom stereocenters. The Morgan fingerprint density at radius 1 is 1.44 bits per heavy atom. The van der Waals surface area contributed by atoms with Crippen LogP contribution in [-0.4, -0.2) is 23.7 Å². The lowest BCUT2D eigenvalue weighted by atomic mass is 9.96. The molecule has 0 radical (unpaired) electrons. The van der Waals surface area contributed by atoms with Crippen molar-refractivity contribution in [1.29, 1.82) is 0 Å². The highest BCUT2D eigenvalue weighted by Gasteiger charge is 2.16. The lowest BCUT2D eigenvalue weighted by Gasteiger charge is -2.23. The highest BCUT2D eigenvalue weighted by Crippen LogP contribution is 2.17. The van der Waals surface area contributed by atoms with Crippen LogP contribution in [0.5, 0.6) is 0 Å². The van der Waals surface area contributed by atoms with Crippen LogP contribution in [0.1, 0.15) is 44.0 Å². The second-order valence-electron chi connectivity index (χ2n) is 4.72. The molecule has 0 spiro atoms. The Morgan fingerprint density at radius 2 is 2.22 bits per heavy atom. The molecular weight excluding hydrogens is 232 g/mol. The smallest absolute Gasteiger partial charge is 0.315 e. The van der Waals surface area contributed by atoms with Crippen molar-refractivity contribution in [3.63, 3.8) is 0 Å². The molecule has 1 aromatic rings. The van der Waals surface area contributed by atoms with Crippen molar-refractivity contribution in [2.24, 2.45) is 0 Å². The van der Waals surface area contributed by atoms with Crippen molar-refractivity contribution in [3.05, 3.63) is 24.2 Å². The van der Waals surface area contributed by atoms with Gasteiger partial charge in [-0.25, -0.2) is 4.79 Å². The van der Waals surface area contributed by atoms with E-state index in [0.717, 1.165) is 12.8 Å². The second-order valence-corrected chi connectivity index (χ2v) is 4.72. The molecule has 1 aromatic heterocycles. The molecule has 100 valence electrons. The Labute approximate surface area is 107 Å². The number of aliphatic hydroxyl groups is 1. The predicted octanol–water partition coefficient (Wildman–Crippen LogP) is 1.94. The summed E-state index contributed by atoms with van der Waals surface area (Å²) >= 11 is 0. The zero-order valence-corrected chi connectivity index (χ0v) is 10.4. The number of urea groups is 1.